The third-order valence-electron chi connectivity index (χ3n) is 10.5. The summed E-state index contributed by atoms with van der Waals surface area (Å²) in [4.78, 5) is 12.5. The molecule has 0 aliphatic heterocycles. The minimum atomic E-state index is -1.25. The number of amides is 1. The number of nitrogens with one attached hydrogen (secondary N) is 1. The third-order valence-corrected chi connectivity index (χ3v) is 10.5. The molecule has 0 saturated carbocycles. The fourth-order valence-corrected chi connectivity index (χ4v) is 7.00. The van der Waals surface area contributed by atoms with Crippen LogP contribution in [0.2, 0.25) is 0 Å². The van der Waals surface area contributed by atoms with Crippen LogP contribution in [0.4, 0.5) is 0 Å². The summed E-state index contributed by atoms with van der Waals surface area (Å²) in [7, 11) is 0. The molecule has 294 valence electrons. The van der Waals surface area contributed by atoms with Gasteiger partial charge in [-0.1, -0.05) is 220 Å². The Labute approximate surface area is 305 Å². The molecule has 0 fully saturated rings. The predicted molar refractivity (Wildman–Crippen MR) is 210 cm³/mol. The van der Waals surface area contributed by atoms with E-state index in [9.17, 15) is 25.2 Å². The summed E-state index contributed by atoms with van der Waals surface area (Å²) in [5.74, 6) is 0.242. The minimum Gasteiger partial charge on any atom is -0.394 e. The summed E-state index contributed by atoms with van der Waals surface area (Å²) in [6.07, 6.45) is 37.0. The lowest BCUT2D eigenvalue weighted by atomic mass is 9.99. The number of hydrogen-bond acceptors (Lipinski definition) is 5. The van der Waals surface area contributed by atoms with E-state index in [0.29, 0.717) is 12.8 Å². The van der Waals surface area contributed by atoms with Gasteiger partial charge in [0, 0.05) is 0 Å². The van der Waals surface area contributed by atoms with Crippen molar-refractivity contribution >= 4 is 5.91 Å². The Hall–Kier alpha value is -0.690. The van der Waals surface area contributed by atoms with Gasteiger partial charge < -0.3 is 25.7 Å². The largest absolute Gasteiger partial charge is 0.394 e. The van der Waals surface area contributed by atoms with Gasteiger partial charge in [-0.3, -0.25) is 4.79 Å². The highest BCUT2D eigenvalue weighted by Gasteiger charge is 2.28. The normalized spacial score (nSPS) is 14.3. The minimum absolute atomic E-state index is 0.375. The van der Waals surface area contributed by atoms with Gasteiger partial charge in [-0.05, 0) is 18.8 Å². The number of aliphatic hydroxyl groups excluding tert-OH is 4. The highest BCUT2D eigenvalue weighted by molar-refractivity contribution is 5.80. The van der Waals surface area contributed by atoms with Crippen LogP contribution in [-0.2, 0) is 4.79 Å². The van der Waals surface area contributed by atoms with Crippen molar-refractivity contribution in [1.29, 1.82) is 0 Å². The number of aliphatic hydroxyl groups is 4. The molecule has 0 aliphatic rings. The maximum atomic E-state index is 12.5. The highest BCUT2D eigenvalue weighted by atomic mass is 16.3. The topological polar surface area (TPSA) is 110 Å². The number of unbranched alkanes of at least 4 members (excludes halogenated alkanes) is 28. The highest BCUT2D eigenvalue weighted by Crippen LogP contribution is 2.17. The van der Waals surface area contributed by atoms with Crippen LogP contribution in [0.15, 0.2) is 0 Å². The first kappa shape index (κ1) is 48.3. The zero-order chi connectivity index (χ0) is 36.2. The average Bonchev–Trinajstić information content (AvgIpc) is 3.09. The second-order valence-corrected chi connectivity index (χ2v) is 15.9. The van der Waals surface area contributed by atoms with Crippen LogP contribution in [0, 0.1) is 5.92 Å². The molecule has 1 amide bonds. The molecular formula is C43H87NO5. The second-order valence-electron chi connectivity index (χ2n) is 15.9. The second kappa shape index (κ2) is 37.1. The fraction of sp³-hybridized carbons (Fsp3) is 0.977. The summed E-state index contributed by atoms with van der Waals surface area (Å²) < 4.78 is 0. The van der Waals surface area contributed by atoms with Gasteiger partial charge in [-0.2, -0.15) is 0 Å². The van der Waals surface area contributed by atoms with E-state index in [0.717, 1.165) is 44.4 Å². The van der Waals surface area contributed by atoms with Crippen molar-refractivity contribution in [3.05, 3.63) is 0 Å². The summed E-state index contributed by atoms with van der Waals surface area (Å²) in [5, 5.41) is 43.7. The first-order chi connectivity index (χ1) is 23.8. The van der Waals surface area contributed by atoms with Crippen molar-refractivity contribution in [3.8, 4) is 0 Å². The molecule has 0 rings (SSSR count). The van der Waals surface area contributed by atoms with E-state index < -0.39 is 36.9 Å². The average molecular weight is 698 g/mol. The van der Waals surface area contributed by atoms with E-state index in [2.05, 4.69) is 26.1 Å². The lowest BCUT2D eigenvalue weighted by Crippen LogP contribution is -2.53. The molecule has 0 saturated heterocycles. The maximum absolute atomic E-state index is 12.5. The molecule has 0 bridgehead atoms. The molecule has 6 nitrogen and oxygen atoms in total. The van der Waals surface area contributed by atoms with Crippen molar-refractivity contribution in [3.63, 3.8) is 0 Å². The third kappa shape index (κ3) is 32.9. The Morgan fingerprint density at radius 3 is 1.10 bits per heavy atom. The zero-order valence-electron chi connectivity index (χ0n) is 33.1. The molecule has 4 atom stereocenters. The molecule has 0 radical (unpaired) electrons. The quantitative estimate of drug-likeness (QED) is 0.0411. The molecule has 6 heteroatoms. The maximum Gasteiger partial charge on any atom is 0.249 e. The van der Waals surface area contributed by atoms with Crippen LogP contribution >= 0.6 is 0 Å². The van der Waals surface area contributed by atoms with Gasteiger partial charge in [0.15, 0.2) is 0 Å². The van der Waals surface area contributed by atoms with E-state index in [-0.39, 0.29) is 0 Å². The number of hydrogen-bond donors (Lipinski definition) is 5. The zero-order valence-corrected chi connectivity index (χ0v) is 33.1. The van der Waals surface area contributed by atoms with Gasteiger partial charge in [-0.15, -0.1) is 0 Å². The van der Waals surface area contributed by atoms with Crippen molar-refractivity contribution in [1.82, 2.24) is 5.32 Å². The van der Waals surface area contributed by atoms with Crippen LogP contribution < -0.4 is 5.32 Å². The van der Waals surface area contributed by atoms with Crippen LogP contribution in [0.3, 0.4) is 0 Å². The fourth-order valence-electron chi connectivity index (χ4n) is 7.00. The van der Waals surface area contributed by atoms with Crippen molar-refractivity contribution < 1.29 is 25.2 Å². The first-order valence-corrected chi connectivity index (χ1v) is 21.8. The van der Waals surface area contributed by atoms with Gasteiger partial charge in [-0.25, -0.2) is 0 Å². The van der Waals surface area contributed by atoms with E-state index in [1.54, 1.807) is 0 Å². The van der Waals surface area contributed by atoms with Crippen LogP contribution in [0.1, 0.15) is 233 Å². The lowest BCUT2D eigenvalue weighted by molar-refractivity contribution is -0.132. The molecule has 0 spiro atoms. The molecule has 0 unspecified atom stereocenters. The molecule has 49 heavy (non-hydrogen) atoms. The molecule has 0 aromatic heterocycles. The molecule has 5 N–H and O–H groups in total. The Bertz CT molecular complexity index is 675. The van der Waals surface area contributed by atoms with Crippen LogP contribution in [0.25, 0.3) is 0 Å². The molecule has 0 heterocycles. The summed E-state index contributed by atoms with van der Waals surface area (Å²) in [5.41, 5.74) is 0. The van der Waals surface area contributed by atoms with E-state index in [1.165, 1.54) is 161 Å². The van der Waals surface area contributed by atoms with Gasteiger partial charge in [0.05, 0.1) is 18.8 Å². The summed E-state index contributed by atoms with van der Waals surface area (Å²) >= 11 is 0. The van der Waals surface area contributed by atoms with Gasteiger partial charge >= 0.3 is 0 Å². The molecule has 0 aliphatic carbocycles. The van der Waals surface area contributed by atoms with Gasteiger partial charge in [0.25, 0.3) is 0 Å². The standard InChI is InChI=1S/C43H87NO5/c1-4-5-6-7-8-9-10-11-12-13-14-15-16-17-20-24-27-30-33-36-41(47)43(49)44-39(37-45)42(48)40(46)35-32-29-26-23-21-18-19-22-25-28-31-34-38(2)3/h38-42,45-48H,4-37H2,1-3H3,(H,44,49)/t39-,40+,41+,42-/m0/s1. The Morgan fingerprint density at radius 2 is 0.776 bits per heavy atom. The number of carbonyl (C=O) groups excluding carboxylic acids is 1. The Balaban J connectivity index is 3.70. The Morgan fingerprint density at radius 1 is 0.469 bits per heavy atom. The number of carbonyl (C=O) groups is 1. The van der Waals surface area contributed by atoms with Gasteiger partial charge in [0.1, 0.15) is 12.2 Å². The number of rotatable bonds is 39. The summed E-state index contributed by atoms with van der Waals surface area (Å²) in [6, 6.07) is -0.979. The first-order valence-electron chi connectivity index (χ1n) is 21.8. The van der Waals surface area contributed by atoms with E-state index >= 15 is 0 Å². The predicted octanol–water partition coefficient (Wildman–Crippen LogP) is 11.1. The monoisotopic (exact) mass is 698 g/mol. The van der Waals surface area contributed by atoms with Gasteiger partial charge in [0.2, 0.25) is 5.91 Å². The smallest absolute Gasteiger partial charge is 0.249 e. The van der Waals surface area contributed by atoms with Crippen LogP contribution in [0.5, 0.6) is 0 Å². The van der Waals surface area contributed by atoms with E-state index in [4.69, 9.17) is 0 Å². The lowest BCUT2D eigenvalue weighted by Gasteiger charge is -2.27. The van der Waals surface area contributed by atoms with Crippen LogP contribution in [-0.4, -0.2) is 57.3 Å². The molecule has 0 aromatic rings. The SMILES string of the molecule is CCCCCCCCCCCCCCCCCCCCC[C@@H](O)C(=O)N[C@@H](CO)[C@H](O)[C@H](O)CCCCCCCCCCCCCC(C)C. The summed E-state index contributed by atoms with van der Waals surface area (Å²) in [6.45, 7) is 6.39. The van der Waals surface area contributed by atoms with Crippen molar-refractivity contribution in [2.24, 2.45) is 5.92 Å². The Kier molecular flexibility index (Phi) is 36.6. The molecule has 0 aromatic carbocycles. The molecular weight excluding hydrogens is 610 g/mol. The van der Waals surface area contributed by atoms with Crippen molar-refractivity contribution in [2.45, 2.75) is 257 Å². The van der Waals surface area contributed by atoms with Crippen molar-refractivity contribution in [2.75, 3.05) is 6.61 Å². The van der Waals surface area contributed by atoms with E-state index in [1.807, 2.05) is 0 Å².